The average molecular weight is 412 g/mol. The molecule has 0 aromatic heterocycles. The fourth-order valence-electron chi connectivity index (χ4n) is 3.75. The normalized spacial score (nSPS) is 12.3. The number of amides is 1. The van der Waals surface area contributed by atoms with Crippen molar-refractivity contribution in [3.05, 3.63) is 0 Å². The molecule has 0 aliphatic rings. The number of unbranched alkanes of at least 4 members (excludes halogenated alkanes) is 11. The SMILES string of the molecule is CCCCCCCCCCCCC(CCC)C(=O)N(NCCCC)NCCCC. The lowest BCUT2D eigenvalue weighted by Gasteiger charge is -2.28. The Bertz CT molecular complexity index is 339. The Labute approximate surface area is 182 Å². The van der Waals surface area contributed by atoms with E-state index in [2.05, 4.69) is 38.5 Å². The van der Waals surface area contributed by atoms with Crippen LogP contribution in [0.1, 0.15) is 137 Å². The first-order chi connectivity index (χ1) is 14.2. The minimum Gasteiger partial charge on any atom is -0.272 e. The van der Waals surface area contributed by atoms with Crippen molar-refractivity contribution in [3.63, 3.8) is 0 Å². The molecule has 0 spiro atoms. The molecule has 1 atom stereocenters. The Balaban J connectivity index is 4.21. The first-order valence-electron chi connectivity index (χ1n) is 13.0. The Morgan fingerprint density at radius 3 is 1.48 bits per heavy atom. The summed E-state index contributed by atoms with van der Waals surface area (Å²) < 4.78 is 0. The molecule has 0 saturated heterocycles. The molecule has 1 unspecified atom stereocenters. The summed E-state index contributed by atoms with van der Waals surface area (Å²) in [6.07, 6.45) is 21.1. The molecule has 0 rings (SSSR count). The molecule has 0 saturated carbocycles. The number of carbonyl (C=O) groups is 1. The minimum atomic E-state index is 0.150. The van der Waals surface area contributed by atoms with E-state index in [0.29, 0.717) is 0 Å². The molecule has 0 fully saturated rings. The largest absolute Gasteiger partial charge is 0.272 e. The predicted molar refractivity (Wildman–Crippen MR) is 128 cm³/mol. The Morgan fingerprint density at radius 1 is 0.586 bits per heavy atom. The van der Waals surface area contributed by atoms with Crippen LogP contribution in [-0.4, -0.2) is 24.1 Å². The molecule has 0 aromatic carbocycles. The van der Waals surface area contributed by atoms with Crippen LogP contribution in [-0.2, 0) is 4.79 Å². The number of hydrazine groups is 2. The highest BCUT2D eigenvalue weighted by atomic mass is 16.2. The summed E-state index contributed by atoms with van der Waals surface area (Å²) >= 11 is 0. The third kappa shape index (κ3) is 16.8. The lowest BCUT2D eigenvalue weighted by Crippen LogP contribution is -2.54. The van der Waals surface area contributed by atoms with Gasteiger partial charge in [0.15, 0.2) is 0 Å². The van der Waals surface area contributed by atoms with Gasteiger partial charge < -0.3 is 0 Å². The number of rotatable bonds is 22. The molecule has 0 radical (unpaired) electrons. The maximum absolute atomic E-state index is 13.1. The van der Waals surface area contributed by atoms with Gasteiger partial charge in [-0.05, 0) is 25.7 Å². The van der Waals surface area contributed by atoms with Crippen LogP contribution in [0.4, 0.5) is 0 Å². The van der Waals surface area contributed by atoms with Gasteiger partial charge in [0.1, 0.15) is 0 Å². The smallest absolute Gasteiger partial charge is 0.254 e. The van der Waals surface area contributed by atoms with E-state index >= 15 is 0 Å². The summed E-state index contributed by atoms with van der Waals surface area (Å²) in [7, 11) is 0. The van der Waals surface area contributed by atoms with E-state index in [1.807, 2.05) is 0 Å². The second-order valence-electron chi connectivity index (χ2n) is 8.65. The predicted octanol–water partition coefficient (Wildman–Crippen LogP) is 7.15. The number of hydrogen-bond donors (Lipinski definition) is 2. The standard InChI is InChI=1S/C25H53N3O/c1-5-9-12-13-14-15-16-17-18-19-21-24(20-8-4)25(29)28(26-22-10-6-2)27-23-11-7-3/h24,26-27H,5-23H2,1-4H3. The maximum atomic E-state index is 13.1. The molecule has 4 nitrogen and oxygen atoms in total. The third-order valence-corrected chi connectivity index (χ3v) is 5.71. The third-order valence-electron chi connectivity index (χ3n) is 5.71. The number of hydrogen-bond acceptors (Lipinski definition) is 3. The zero-order chi connectivity index (χ0) is 21.6. The van der Waals surface area contributed by atoms with E-state index in [9.17, 15) is 4.79 Å². The fourth-order valence-corrected chi connectivity index (χ4v) is 3.75. The van der Waals surface area contributed by atoms with Crippen LogP contribution in [0.2, 0.25) is 0 Å². The van der Waals surface area contributed by atoms with Crippen molar-refractivity contribution in [2.75, 3.05) is 13.1 Å². The van der Waals surface area contributed by atoms with E-state index in [0.717, 1.165) is 58.0 Å². The van der Waals surface area contributed by atoms with Gasteiger partial charge in [0.05, 0.1) is 0 Å². The van der Waals surface area contributed by atoms with Gasteiger partial charge in [0, 0.05) is 19.0 Å². The number of nitrogens with zero attached hydrogens (tertiary/aromatic N) is 1. The van der Waals surface area contributed by atoms with Gasteiger partial charge >= 0.3 is 0 Å². The van der Waals surface area contributed by atoms with E-state index < -0.39 is 0 Å². The second-order valence-corrected chi connectivity index (χ2v) is 8.65. The molecule has 0 heterocycles. The molecule has 0 aliphatic heterocycles. The first-order valence-corrected chi connectivity index (χ1v) is 13.0. The van der Waals surface area contributed by atoms with Crippen LogP contribution in [0.25, 0.3) is 0 Å². The summed E-state index contributed by atoms with van der Waals surface area (Å²) in [5.41, 5.74) is 6.66. The van der Waals surface area contributed by atoms with Crippen molar-refractivity contribution >= 4 is 5.91 Å². The molecule has 0 aromatic rings. The van der Waals surface area contributed by atoms with Crippen molar-refractivity contribution in [1.82, 2.24) is 16.0 Å². The van der Waals surface area contributed by atoms with Gasteiger partial charge in [-0.1, -0.05) is 111 Å². The van der Waals surface area contributed by atoms with Crippen molar-refractivity contribution in [3.8, 4) is 0 Å². The van der Waals surface area contributed by atoms with Crippen LogP contribution in [0, 0.1) is 5.92 Å². The first kappa shape index (κ1) is 28.4. The van der Waals surface area contributed by atoms with Gasteiger partial charge in [0.2, 0.25) is 0 Å². The zero-order valence-corrected chi connectivity index (χ0v) is 20.4. The molecule has 29 heavy (non-hydrogen) atoms. The van der Waals surface area contributed by atoms with Gasteiger partial charge in [0.25, 0.3) is 5.91 Å². The summed E-state index contributed by atoms with van der Waals surface area (Å²) in [4.78, 5) is 13.1. The monoisotopic (exact) mass is 411 g/mol. The van der Waals surface area contributed by atoms with E-state index in [1.165, 1.54) is 64.2 Å². The average Bonchev–Trinajstić information content (AvgIpc) is 2.73. The van der Waals surface area contributed by atoms with Crippen LogP contribution in [0.3, 0.4) is 0 Å². The maximum Gasteiger partial charge on any atom is 0.254 e. The van der Waals surface area contributed by atoms with Crippen molar-refractivity contribution in [1.29, 1.82) is 0 Å². The van der Waals surface area contributed by atoms with Crippen molar-refractivity contribution in [2.45, 2.75) is 137 Å². The molecule has 0 aliphatic carbocycles. The molecule has 2 N–H and O–H groups in total. The molecular weight excluding hydrogens is 358 g/mol. The molecule has 174 valence electrons. The summed E-state index contributed by atoms with van der Waals surface area (Å²) in [6.45, 7) is 10.6. The highest BCUT2D eigenvalue weighted by molar-refractivity contribution is 5.77. The Hall–Kier alpha value is -0.610. The minimum absolute atomic E-state index is 0.150. The zero-order valence-electron chi connectivity index (χ0n) is 20.4. The number of carbonyl (C=O) groups excluding carboxylic acids is 1. The summed E-state index contributed by atoms with van der Waals surface area (Å²) in [6, 6.07) is 0. The Morgan fingerprint density at radius 2 is 1.03 bits per heavy atom. The van der Waals surface area contributed by atoms with Gasteiger partial charge in [-0.3, -0.25) is 4.79 Å². The van der Waals surface area contributed by atoms with Crippen LogP contribution < -0.4 is 10.9 Å². The van der Waals surface area contributed by atoms with Crippen molar-refractivity contribution < 1.29 is 4.79 Å². The highest BCUT2D eigenvalue weighted by Crippen LogP contribution is 2.19. The van der Waals surface area contributed by atoms with Crippen molar-refractivity contribution in [2.24, 2.45) is 5.92 Å². The highest BCUT2D eigenvalue weighted by Gasteiger charge is 2.23. The topological polar surface area (TPSA) is 44.4 Å². The second kappa shape index (κ2) is 22.1. The van der Waals surface area contributed by atoms with E-state index in [4.69, 9.17) is 0 Å². The lowest BCUT2D eigenvalue weighted by atomic mass is 9.95. The Kier molecular flexibility index (Phi) is 21.6. The van der Waals surface area contributed by atoms with Crippen LogP contribution >= 0.6 is 0 Å². The van der Waals surface area contributed by atoms with E-state index in [-0.39, 0.29) is 11.8 Å². The number of nitrogens with one attached hydrogen (secondary N) is 2. The molecule has 1 amide bonds. The lowest BCUT2D eigenvalue weighted by molar-refractivity contribution is -0.143. The van der Waals surface area contributed by atoms with Crippen LogP contribution in [0.5, 0.6) is 0 Å². The van der Waals surface area contributed by atoms with E-state index in [1.54, 1.807) is 5.12 Å². The van der Waals surface area contributed by atoms with Gasteiger partial charge in [-0.15, -0.1) is 0 Å². The van der Waals surface area contributed by atoms with Gasteiger partial charge in [-0.25, -0.2) is 16.0 Å². The molecule has 0 bridgehead atoms. The van der Waals surface area contributed by atoms with Crippen LogP contribution in [0.15, 0.2) is 0 Å². The van der Waals surface area contributed by atoms with Gasteiger partial charge in [-0.2, -0.15) is 0 Å². The molecular formula is C25H53N3O. The summed E-state index contributed by atoms with van der Waals surface area (Å²) in [5, 5.41) is 1.72. The fraction of sp³-hybridized carbons (Fsp3) is 0.960. The molecule has 4 heteroatoms. The summed E-state index contributed by atoms with van der Waals surface area (Å²) in [5.74, 6) is 0.396. The quantitative estimate of drug-likeness (QED) is 0.147.